The van der Waals surface area contributed by atoms with Gasteiger partial charge < -0.3 is 0 Å². The van der Waals surface area contributed by atoms with E-state index in [2.05, 4.69) is 4.99 Å². The van der Waals surface area contributed by atoms with Crippen LogP contribution in [0.1, 0.15) is 19.8 Å². The third kappa shape index (κ3) is 7.46. The van der Waals surface area contributed by atoms with Crippen LogP contribution in [0.15, 0.2) is 4.99 Å². The van der Waals surface area contributed by atoms with Crippen molar-refractivity contribution in [2.45, 2.75) is 25.9 Å². The van der Waals surface area contributed by atoms with Crippen molar-refractivity contribution in [2.24, 2.45) is 4.99 Å². The highest BCUT2D eigenvalue weighted by Gasteiger charge is 2.25. The van der Waals surface area contributed by atoms with Crippen LogP contribution in [0.3, 0.4) is 0 Å². The van der Waals surface area contributed by atoms with Gasteiger partial charge in [0.1, 0.15) is 6.54 Å². The first-order valence-corrected chi connectivity index (χ1v) is 3.11. The molecule has 0 heterocycles. The second-order valence-electron chi connectivity index (χ2n) is 1.93. The van der Waals surface area contributed by atoms with Gasteiger partial charge in [-0.25, -0.2) is 0 Å². The van der Waals surface area contributed by atoms with E-state index in [9.17, 15) is 13.2 Å². The maximum Gasteiger partial charge on any atom is 0.407 e. The molecule has 0 amide bonds. The van der Waals surface area contributed by atoms with Crippen LogP contribution < -0.4 is 0 Å². The number of rotatable bonds is 3. The smallest absolute Gasteiger partial charge is 0.288 e. The van der Waals surface area contributed by atoms with Gasteiger partial charge in [-0.2, -0.15) is 13.2 Å². The van der Waals surface area contributed by atoms with E-state index in [1.54, 1.807) is 0 Å². The number of halogens is 3. The summed E-state index contributed by atoms with van der Waals surface area (Å²) in [7, 11) is 0. The standard InChI is InChI=1S/C6H10F3N/c1-2-3-4-10-5-6(7,8)9/h4H,2-3,5H2,1H3. The van der Waals surface area contributed by atoms with Gasteiger partial charge in [-0.1, -0.05) is 13.3 Å². The lowest BCUT2D eigenvalue weighted by atomic mass is 10.4. The molecule has 0 aromatic heterocycles. The van der Waals surface area contributed by atoms with Crippen LogP contribution in [0.4, 0.5) is 13.2 Å². The predicted molar refractivity (Wildman–Crippen MR) is 34.3 cm³/mol. The van der Waals surface area contributed by atoms with E-state index >= 15 is 0 Å². The summed E-state index contributed by atoms with van der Waals surface area (Å²) in [6.45, 7) is 0.840. The number of aliphatic imine (C=N–C) groups is 1. The minimum Gasteiger partial charge on any atom is -0.288 e. The van der Waals surface area contributed by atoms with Crippen LogP contribution in [0.5, 0.6) is 0 Å². The lowest BCUT2D eigenvalue weighted by molar-refractivity contribution is -0.118. The number of nitrogens with zero attached hydrogens (tertiary/aromatic N) is 1. The highest BCUT2D eigenvalue weighted by atomic mass is 19.4. The van der Waals surface area contributed by atoms with E-state index in [1.165, 1.54) is 6.21 Å². The molecule has 1 nitrogen and oxygen atoms in total. The van der Waals surface area contributed by atoms with E-state index < -0.39 is 12.7 Å². The Morgan fingerprint density at radius 2 is 2.00 bits per heavy atom. The quantitative estimate of drug-likeness (QED) is 0.552. The molecule has 0 rings (SSSR count). The Balaban J connectivity index is 3.34. The molecule has 0 aliphatic rings. The van der Waals surface area contributed by atoms with E-state index in [1.807, 2.05) is 6.92 Å². The molecule has 0 aliphatic heterocycles. The Morgan fingerprint density at radius 3 is 2.40 bits per heavy atom. The Kier molecular flexibility index (Phi) is 4.07. The summed E-state index contributed by atoms with van der Waals surface area (Å²) in [4.78, 5) is 3.18. The molecule has 0 unspecified atom stereocenters. The van der Waals surface area contributed by atoms with Gasteiger partial charge in [0.25, 0.3) is 0 Å². The molecule has 0 spiro atoms. The fourth-order valence-electron chi connectivity index (χ4n) is 0.388. The first-order chi connectivity index (χ1) is 4.56. The Bertz CT molecular complexity index is 106. The fraction of sp³-hybridized carbons (Fsp3) is 0.833. The highest BCUT2D eigenvalue weighted by molar-refractivity contribution is 5.56. The molecule has 0 saturated heterocycles. The van der Waals surface area contributed by atoms with E-state index in [-0.39, 0.29) is 0 Å². The van der Waals surface area contributed by atoms with Crippen molar-refractivity contribution in [1.29, 1.82) is 0 Å². The van der Waals surface area contributed by atoms with Gasteiger partial charge >= 0.3 is 6.18 Å². The summed E-state index contributed by atoms with van der Waals surface area (Å²) >= 11 is 0. The van der Waals surface area contributed by atoms with Crippen molar-refractivity contribution in [3.8, 4) is 0 Å². The van der Waals surface area contributed by atoms with Crippen LogP contribution in [0.25, 0.3) is 0 Å². The third-order valence-electron chi connectivity index (χ3n) is 0.817. The van der Waals surface area contributed by atoms with E-state index in [4.69, 9.17) is 0 Å². The van der Waals surface area contributed by atoms with Crippen molar-refractivity contribution in [3.05, 3.63) is 0 Å². The maximum atomic E-state index is 11.4. The van der Waals surface area contributed by atoms with Crippen molar-refractivity contribution in [3.63, 3.8) is 0 Å². The molecule has 10 heavy (non-hydrogen) atoms. The van der Waals surface area contributed by atoms with Gasteiger partial charge in [-0.05, 0) is 12.6 Å². The molecule has 0 fully saturated rings. The molecule has 0 bridgehead atoms. The lowest BCUT2D eigenvalue weighted by Gasteiger charge is -1.99. The Hall–Kier alpha value is -0.540. The average molecular weight is 153 g/mol. The SMILES string of the molecule is CCCC=NCC(F)(F)F. The Morgan fingerprint density at radius 1 is 1.40 bits per heavy atom. The number of hydrogen-bond acceptors (Lipinski definition) is 1. The van der Waals surface area contributed by atoms with Crippen LogP contribution in [0, 0.1) is 0 Å². The topological polar surface area (TPSA) is 12.4 Å². The highest BCUT2D eigenvalue weighted by Crippen LogP contribution is 2.13. The molecular weight excluding hydrogens is 143 g/mol. The van der Waals surface area contributed by atoms with Gasteiger partial charge in [0.05, 0.1) is 0 Å². The van der Waals surface area contributed by atoms with E-state index in [0.717, 1.165) is 6.42 Å². The van der Waals surface area contributed by atoms with Gasteiger partial charge in [0.15, 0.2) is 0 Å². The van der Waals surface area contributed by atoms with Crippen molar-refractivity contribution in [2.75, 3.05) is 6.54 Å². The first-order valence-electron chi connectivity index (χ1n) is 3.11. The number of alkyl halides is 3. The largest absolute Gasteiger partial charge is 0.407 e. The third-order valence-corrected chi connectivity index (χ3v) is 0.817. The van der Waals surface area contributed by atoms with Crippen LogP contribution in [0.2, 0.25) is 0 Å². The lowest BCUT2D eigenvalue weighted by Crippen LogP contribution is -2.11. The molecule has 0 aromatic rings. The molecule has 0 radical (unpaired) electrons. The molecule has 0 aromatic carbocycles. The Labute approximate surface area is 58.0 Å². The number of hydrogen-bond donors (Lipinski definition) is 0. The summed E-state index contributed by atoms with van der Waals surface area (Å²) in [6, 6.07) is 0. The minimum atomic E-state index is -4.15. The summed E-state index contributed by atoms with van der Waals surface area (Å²) < 4.78 is 34.1. The molecule has 0 saturated carbocycles. The van der Waals surface area contributed by atoms with Crippen LogP contribution in [-0.4, -0.2) is 18.9 Å². The molecule has 4 heteroatoms. The summed E-state index contributed by atoms with van der Waals surface area (Å²) in [5, 5.41) is 0. The average Bonchev–Trinajstić information content (AvgIpc) is 1.78. The molecule has 0 aliphatic carbocycles. The van der Waals surface area contributed by atoms with Gasteiger partial charge in [-0.3, -0.25) is 4.99 Å². The zero-order valence-electron chi connectivity index (χ0n) is 5.78. The fourth-order valence-corrected chi connectivity index (χ4v) is 0.388. The molecule has 0 N–H and O–H groups in total. The molecular formula is C6H10F3N. The van der Waals surface area contributed by atoms with Crippen molar-refractivity contribution < 1.29 is 13.2 Å². The molecule has 0 atom stereocenters. The normalized spacial score (nSPS) is 12.8. The zero-order valence-corrected chi connectivity index (χ0v) is 5.78. The van der Waals surface area contributed by atoms with Gasteiger partial charge in [-0.15, -0.1) is 0 Å². The molecule has 60 valence electrons. The summed E-state index contributed by atoms with van der Waals surface area (Å²) in [6.07, 6.45) is -1.38. The minimum absolute atomic E-state index is 0.621. The van der Waals surface area contributed by atoms with Gasteiger partial charge in [0.2, 0.25) is 0 Å². The number of unbranched alkanes of at least 4 members (excludes halogenated alkanes) is 1. The second kappa shape index (κ2) is 4.30. The summed E-state index contributed by atoms with van der Waals surface area (Å²) in [5.41, 5.74) is 0. The van der Waals surface area contributed by atoms with E-state index in [0.29, 0.717) is 6.42 Å². The maximum absolute atomic E-state index is 11.4. The van der Waals surface area contributed by atoms with Crippen molar-refractivity contribution >= 4 is 6.21 Å². The monoisotopic (exact) mass is 153 g/mol. The van der Waals surface area contributed by atoms with Crippen LogP contribution >= 0.6 is 0 Å². The first kappa shape index (κ1) is 9.46. The second-order valence-corrected chi connectivity index (χ2v) is 1.93. The van der Waals surface area contributed by atoms with Gasteiger partial charge in [0, 0.05) is 0 Å². The predicted octanol–water partition coefficient (Wildman–Crippen LogP) is 2.42. The van der Waals surface area contributed by atoms with Crippen molar-refractivity contribution in [1.82, 2.24) is 0 Å². The van der Waals surface area contributed by atoms with Crippen LogP contribution in [-0.2, 0) is 0 Å². The zero-order chi connectivity index (χ0) is 8.04. The summed E-state index contributed by atoms with van der Waals surface area (Å²) in [5.74, 6) is 0.